The van der Waals surface area contributed by atoms with Gasteiger partial charge in [-0.1, -0.05) is 0 Å². The summed E-state index contributed by atoms with van der Waals surface area (Å²) in [4.78, 5) is 0. The summed E-state index contributed by atoms with van der Waals surface area (Å²) in [5.41, 5.74) is 17.5. The number of hydrogen-bond donors (Lipinski definition) is 0. The fourth-order valence-corrected chi connectivity index (χ4v) is 3.38. The van der Waals surface area contributed by atoms with Gasteiger partial charge in [0.1, 0.15) is 0 Å². The van der Waals surface area contributed by atoms with Gasteiger partial charge in [0.15, 0.2) is 0 Å². The van der Waals surface area contributed by atoms with Crippen LogP contribution in [0.2, 0.25) is 0 Å². The van der Waals surface area contributed by atoms with Crippen molar-refractivity contribution in [1.82, 2.24) is 0 Å². The molecule has 0 fully saturated rings. The highest BCUT2D eigenvalue weighted by atomic mass is 14.1. The summed E-state index contributed by atoms with van der Waals surface area (Å²) >= 11 is 0. The van der Waals surface area contributed by atoms with Gasteiger partial charge >= 0.3 is 0 Å². The van der Waals surface area contributed by atoms with Crippen molar-refractivity contribution in [1.29, 1.82) is 0 Å². The van der Waals surface area contributed by atoms with Crippen molar-refractivity contribution in [2.45, 2.75) is 83.1 Å². The fourth-order valence-electron chi connectivity index (χ4n) is 3.38. The minimum absolute atomic E-state index is 1.45. The Bertz CT molecular complexity index is 496. The molecule has 2 aromatic carbocycles. The molecule has 2 rings (SSSR count). The molecule has 0 amide bonds. The summed E-state index contributed by atoms with van der Waals surface area (Å²) in [7, 11) is 0. The van der Waals surface area contributed by atoms with E-state index in [4.69, 9.17) is 0 Å². The first-order valence-electron chi connectivity index (χ1n) is 9.00. The monoisotopic (exact) mass is 324 g/mol. The highest BCUT2D eigenvalue weighted by Crippen LogP contribution is 2.25. The topological polar surface area (TPSA) is 0 Å². The van der Waals surface area contributed by atoms with Crippen molar-refractivity contribution in [3.63, 3.8) is 0 Å². The van der Waals surface area contributed by atoms with Crippen LogP contribution < -0.4 is 0 Å². The third-order valence-corrected chi connectivity index (χ3v) is 6.75. The molecule has 0 radical (unpaired) electrons. The van der Waals surface area contributed by atoms with Gasteiger partial charge in [0, 0.05) is 0 Å². The van der Waals surface area contributed by atoms with Crippen LogP contribution in [0.3, 0.4) is 0 Å². The lowest BCUT2D eigenvalue weighted by Gasteiger charge is -2.15. The van der Waals surface area contributed by atoms with Gasteiger partial charge in [-0.3, -0.25) is 0 Å². The molecule has 0 aliphatic heterocycles. The van der Waals surface area contributed by atoms with Crippen LogP contribution >= 0.6 is 0 Å². The number of hydrogen-bond acceptors (Lipinski definition) is 0. The second-order valence-corrected chi connectivity index (χ2v) is 7.50. The van der Waals surface area contributed by atoms with Gasteiger partial charge in [0.25, 0.3) is 0 Å². The second kappa shape index (κ2) is 7.55. The first kappa shape index (κ1) is 20.5. The Morgan fingerprint density at radius 3 is 0.250 bits per heavy atom. The molecule has 0 aliphatic carbocycles. The first-order valence-corrected chi connectivity index (χ1v) is 9.00. The van der Waals surface area contributed by atoms with E-state index < -0.39 is 0 Å². The first-order chi connectivity index (χ1) is 10.9. The number of benzene rings is 2. The molecule has 0 nitrogen and oxygen atoms in total. The molecule has 0 heteroatoms. The molecule has 0 spiro atoms. The summed E-state index contributed by atoms with van der Waals surface area (Å²) in [5.74, 6) is 0. The van der Waals surface area contributed by atoms with Crippen LogP contribution in [0.5, 0.6) is 0 Å². The van der Waals surface area contributed by atoms with Crippen molar-refractivity contribution in [3.8, 4) is 0 Å². The summed E-state index contributed by atoms with van der Waals surface area (Å²) in [5, 5.41) is 0. The smallest absolute Gasteiger partial charge is 0.0392 e. The van der Waals surface area contributed by atoms with Gasteiger partial charge in [-0.2, -0.15) is 0 Å². The lowest BCUT2D eigenvalue weighted by Crippen LogP contribution is -1.98. The normalized spacial score (nSPS) is 10.5. The van der Waals surface area contributed by atoms with Gasteiger partial charge in [-0.15, -0.1) is 0 Å². The average molecular weight is 325 g/mol. The van der Waals surface area contributed by atoms with E-state index in [2.05, 4.69) is 83.1 Å². The van der Waals surface area contributed by atoms with E-state index in [-0.39, 0.29) is 0 Å². The maximum Gasteiger partial charge on any atom is -0.0392 e. The molecule has 2 aromatic rings. The van der Waals surface area contributed by atoms with E-state index >= 15 is 0 Å². The largest absolute Gasteiger partial charge is 0.0447 e. The SMILES string of the molecule is Cc1c(C)c(C)c(C)c(C)c1C.Cc1c(C)c(C)c(C)c(C)c1C. The van der Waals surface area contributed by atoms with Crippen molar-refractivity contribution in [3.05, 3.63) is 66.8 Å². The van der Waals surface area contributed by atoms with Crippen LogP contribution in [-0.2, 0) is 0 Å². The lowest BCUT2D eigenvalue weighted by molar-refractivity contribution is 1.13. The van der Waals surface area contributed by atoms with E-state index in [9.17, 15) is 0 Å². The molecule has 0 aromatic heterocycles. The zero-order valence-corrected chi connectivity index (χ0v) is 18.0. The summed E-state index contributed by atoms with van der Waals surface area (Å²) in [6.45, 7) is 26.5. The summed E-state index contributed by atoms with van der Waals surface area (Å²) in [6, 6.07) is 0. The molecule has 132 valence electrons. The lowest BCUT2D eigenvalue weighted by atomic mass is 9.90. The molecule has 0 atom stereocenters. The van der Waals surface area contributed by atoms with Crippen LogP contribution in [0.15, 0.2) is 0 Å². The van der Waals surface area contributed by atoms with E-state index in [0.717, 1.165) is 0 Å². The quantitative estimate of drug-likeness (QED) is 0.486. The zero-order valence-electron chi connectivity index (χ0n) is 18.0. The van der Waals surface area contributed by atoms with Crippen LogP contribution in [0.1, 0.15) is 66.8 Å². The summed E-state index contributed by atoms with van der Waals surface area (Å²) in [6.07, 6.45) is 0. The third-order valence-electron chi connectivity index (χ3n) is 6.75. The van der Waals surface area contributed by atoms with E-state index in [1.807, 2.05) is 0 Å². The second-order valence-electron chi connectivity index (χ2n) is 7.50. The Balaban J connectivity index is 0.000000240. The standard InChI is InChI=1S/2C12H18/c2*1-7-8(2)10(4)12(6)11(5)9(7)3/h2*1-6H3. The third kappa shape index (κ3) is 3.58. The fraction of sp³-hybridized carbons (Fsp3) is 0.500. The van der Waals surface area contributed by atoms with Gasteiger partial charge in [-0.05, 0) is 150 Å². The molecular weight excluding hydrogens is 288 g/mol. The van der Waals surface area contributed by atoms with Crippen molar-refractivity contribution >= 4 is 0 Å². The van der Waals surface area contributed by atoms with Crippen molar-refractivity contribution in [2.75, 3.05) is 0 Å². The minimum Gasteiger partial charge on any atom is -0.0447 e. The minimum atomic E-state index is 1.45. The zero-order chi connectivity index (χ0) is 18.9. The Morgan fingerprint density at radius 2 is 0.208 bits per heavy atom. The van der Waals surface area contributed by atoms with Crippen LogP contribution in [0.25, 0.3) is 0 Å². The van der Waals surface area contributed by atoms with E-state index in [1.54, 1.807) is 0 Å². The molecule has 0 bridgehead atoms. The van der Waals surface area contributed by atoms with Gasteiger partial charge in [-0.25, -0.2) is 0 Å². The van der Waals surface area contributed by atoms with E-state index in [0.29, 0.717) is 0 Å². The van der Waals surface area contributed by atoms with Gasteiger partial charge in [0.2, 0.25) is 0 Å². The van der Waals surface area contributed by atoms with Gasteiger partial charge in [0.05, 0.1) is 0 Å². The molecule has 0 saturated heterocycles. The highest BCUT2D eigenvalue weighted by Gasteiger charge is 2.08. The molecule has 0 aliphatic rings. The molecule has 0 saturated carbocycles. The average Bonchev–Trinajstić information content (AvgIpc) is 2.58. The maximum absolute atomic E-state index is 2.21. The highest BCUT2D eigenvalue weighted by molar-refractivity contribution is 5.49. The Morgan fingerprint density at radius 1 is 0.167 bits per heavy atom. The van der Waals surface area contributed by atoms with Crippen molar-refractivity contribution in [2.24, 2.45) is 0 Å². The molecule has 0 N–H and O–H groups in total. The van der Waals surface area contributed by atoms with Crippen LogP contribution in [-0.4, -0.2) is 0 Å². The van der Waals surface area contributed by atoms with Crippen molar-refractivity contribution < 1.29 is 0 Å². The van der Waals surface area contributed by atoms with Crippen LogP contribution in [0.4, 0.5) is 0 Å². The maximum atomic E-state index is 2.21. The Hall–Kier alpha value is -1.56. The Kier molecular flexibility index (Phi) is 6.45. The van der Waals surface area contributed by atoms with E-state index in [1.165, 1.54) is 66.8 Å². The molecule has 24 heavy (non-hydrogen) atoms. The van der Waals surface area contributed by atoms with Crippen LogP contribution in [0, 0.1) is 83.1 Å². The molecule has 0 heterocycles. The predicted octanol–water partition coefficient (Wildman–Crippen LogP) is 7.07. The molecule has 0 unspecified atom stereocenters. The Labute approximate surface area is 150 Å². The molecular formula is C24H36. The number of rotatable bonds is 0. The summed E-state index contributed by atoms with van der Waals surface area (Å²) < 4.78 is 0. The van der Waals surface area contributed by atoms with Gasteiger partial charge < -0.3 is 0 Å². The predicted molar refractivity (Wildman–Crippen MR) is 110 cm³/mol.